The average Bonchev–Trinajstić information content (AvgIpc) is 2.58. The number of aromatic nitrogens is 2. The van der Waals surface area contributed by atoms with Gasteiger partial charge in [0.1, 0.15) is 11.3 Å². The van der Waals surface area contributed by atoms with Gasteiger partial charge in [0.15, 0.2) is 0 Å². The maximum absolute atomic E-state index is 13.1. The van der Waals surface area contributed by atoms with Crippen LogP contribution >= 0.6 is 0 Å². The molecule has 0 amide bonds. The molecular formula is C18H22F3N3O2. The lowest BCUT2D eigenvalue weighted by atomic mass is 10.3. The van der Waals surface area contributed by atoms with E-state index in [9.17, 15) is 13.2 Å². The second kappa shape index (κ2) is 8.25. The van der Waals surface area contributed by atoms with E-state index in [1.54, 1.807) is 44.0 Å². The number of hydrogen-bond donors (Lipinski definition) is 0. The standard InChI is InChI=1S/C18H22F3N3O2/c1-5-9-25-14-8-6-7-13(10-14)24(4)17-22-11-15(18(19,20)21)16(23-17)26-12(2)3/h6-8,10-12H,5,9H2,1-4H3. The fourth-order valence-corrected chi connectivity index (χ4v) is 2.14. The fraction of sp³-hybridized carbons (Fsp3) is 0.444. The van der Waals surface area contributed by atoms with Crippen LogP contribution in [0.15, 0.2) is 30.5 Å². The Morgan fingerprint density at radius 3 is 2.58 bits per heavy atom. The van der Waals surface area contributed by atoms with Crippen LogP contribution in [0.3, 0.4) is 0 Å². The zero-order chi connectivity index (χ0) is 19.3. The molecule has 0 aliphatic carbocycles. The second-order valence-electron chi connectivity index (χ2n) is 5.96. The Bertz CT molecular complexity index is 736. The van der Waals surface area contributed by atoms with E-state index in [1.165, 1.54) is 0 Å². The molecule has 0 aliphatic heterocycles. The number of benzene rings is 1. The van der Waals surface area contributed by atoms with Gasteiger partial charge in [-0.1, -0.05) is 13.0 Å². The van der Waals surface area contributed by atoms with Crippen LogP contribution in [0.5, 0.6) is 11.6 Å². The predicted octanol–water partition coefficient (Wildman–Crippen LogP) is 4.84. The van der Waals surface area contributed by atoms with Gasteiger partial charge in [-0.05, 0) is 32.4 Å². The van der Waals surface area contributed by atoms with Crippen LogP contribution in [0.4, 0.5) is 24.8 Å². The molecule has 0 unspecified atom stereocenters. The van der Waals surface area contributed by atoms with Crippen LogP contribution in [0.25, 0.3) is 0 Å². The quantitative estimate of drug-likeness (QED) is 0.699. The lowest BCUT2D eigenvalue weighted by molar-refractivity contribution is -0.139. The molecule has 5 nitrogen and oxygen atoms in total. The number of hydrogen-bond acceptors (Lipinski definition) is 5. The number of anilines is 2. The highest BCUT2D eigenvalue weighted by molar-refractivity contribution is 5.59. The van der Waals surface area contributed by atoms with Crippen molar-refractivity contribution in [1.29, 1.82) is 0 Å². The van der Waals surface area contributed by atoms with Crippen LogP contribution in [0.1, 0.15) is 32.8 Å². The van der Waals surface area contributed by atoms with E-state index in [1.807, 2.05) is 13.0 Å². The molecule has 0 saturated carbocycles. The summed E-state index contributed by atoms with van der Waals surface area (Å²) in [4.78, 5) is 9.41. The first kappa shape index (κ1) is 19.8. The first-order valence-corrected chi connectivity index (χ1v) is 8.29. The van der Waals surface area contributed by atoms with E-state index in [0.717, 1.165) is 12.6 Å². The summed E-state index contributed by atoms with van der Waals surface area (Å²) in [5.74, 6) is 0.283. The molecule has 1 heterocycles. The topological polar surface area (TPSA) is 47.5 Å². The molecule has 1 aromatic heterocycles. The van der Waals surface area contributed by atoms with E-state index in [-0.39, 0.29) is 5.95 Å². The highest BCUT2D eigenvalue weighted by Gasteiger charge is 2.36. The van der Waals surface area contributed by atoms with Crippen LogP contribution in [-0.2, 0) is 6.18 Å². The first-order chi connectivity index (χ1) is 12.2. The van der Waals surface area contributed by atoms with E-state index < -0.39 is 23.7 Å². The van der Waals surface area contributed by atoms with E-state index in [0.29, 0.717) is 18.0 Å². The van der Waals surface area contributed by atoms with Gasteiger partial charge in [-0.3, -0.25) is 0 Å². The van der Waals surface area contributed by atoms with Gasteiger partial charge in [0, 0.05) is 25.0 Å². The predicted molar refractivity (Wildman–Crippen MR) is 93.1 cm³/mol. The largest absolute Gasteiger partial charge is 0.494 e. The number of ether oxygens (including phenoxy) is 2. The summed E-state index contributed by atoms with van der Waals surface area (Å²) in [7, 11) is 1.67. The van der Waals surface area contributed by atoms with Gasteiger partial charge in [-0.25, -0.2) is 4.98 Å². The minimum Gasteiger partial charge on any atom is -0.494 e. The fourth-order valence-electron chi connectivity index (χ4n) is 2.14. The molecule has 2 aromatic rings. The average molecular weight is 369 g/mol. The van der Waals surface area contributed by atoms with Crippen LogP contribution in [-0.4, -0.2) is 29.7 Å². The summed E-state index contributed by atoms with van der Waals surface area (Å²) in [5.41, 5.74) is -0.308. The molecule has 0 N–H and O–H groups in total. The summed E-state index contributed by atoms with van der Waals surface area (Å²) in [5, 5.41) is 0. The number of nitrogens with zero attached hydrogens (tertiary/aromatic N) is 3. The monoisotopic (exact) mass is 369 g/mol. The van der Waals surface area contributed by atoms with Crippen molar-refractivity contribution in [1.82, 2.24) is 9.97 Å². The van der Waals surface area contributed by atoms with Crippen molar-refractivity contribution in [2.24, 2.45) is 0 Å². The summed E-state index contributed by atoms with van der Waals surface area (Å²) in [6, 6.07) is 7.18. The van der Waals surface area contributed by atoms with Crippen LogP contribution < -0.4 is 14.4 Å². The van der Waals surface area contributed by atoms with Crippen molar-refractivity contribution >= 4 is 11.6 Å². The summed E-state index contributed by atoms with van der Waals surface area (Å²) in [6.45, 7) is 5.86. The molecule has 0 saturated heterocycles. The molecule has 0 aliphatic rings. The van der Waals surface area contributed by atoms with Gasteiger partial charge in [-0.2, -0.15) is 18.2 Å². The lowest BCUT2D eigenvalue weighted by Crippen LogP contribution is -2.19. The molecule has 142 valence electrons. The van der Waals surface area contributed by atoms with Crippen molar-refractivity contribution < 1.29 is 22.6 Å². The normalized spacial score (nSPS) is 11.5. The van der Waals surface area contributed by atoms with Crippen molar-refractivity contribution in [3.05, 3.63) is 36.0 Å². The minimum absolute atomic E-state index is 0.0984. The molecule has 2 rings (SSSR count). The SMILES string of the molecule is CCCOc1cccc(N(C)c2ncc(C(F)(F)F)c(OC(C)C)n2)c1. The molecular weight excluding hydrogens is 347 g/mol. The third-order valence-electron chi connectivity index (χ3n) is 3.37. The zero-order valence-electron chi connectivity index (χ0n) is 15.2. The number of alkyl halides is 3. The van der Waals surface area contributed by atoms with Crippen molar-refractivity contribution in [2.45, 2.75) is 39.5 Å². The maximum atomic E-state index is 13.1. The number of halogens is 3. The molecule has 8 heteroatoms. The molecule has 26 heavy (non-hydrogen) atoms. The third kappa shape index (κ3) is 5.00. The van der Waals surface area contributed by atoms with Gasteiger partial charge >= 0.3 is 6.18 Å². The molecule has 0 radical (unpaired) electrons. The zero-order valence-corrected chi connectivity index (χ0v) is 15.2. The Kier molecular flexibility index (Phi) is 6.28. The Morgan fingerprint density at radius 1 is 1.23 bits per heavy atom. The van der Waals surface area contributed by atoms with Gasteiger partial charge in [0.25, 0.3) is 0 Å². The van der Waals surface area contributed by atoms with Gasteiger partial charge < -0.3 is 14.4 Å². The van der Waals surface area contributed by atoms with E-state index >= 15 is 0 Å². The highest BCUT2D eigenvalue weighted by atomic mass is 19.4. The van der Waals surface area contributed by atoms with Gasteiger partial charge in [0.05, 0.1) is 12.7 Å². The Labute approximate surface area is 150 Å². The summed E-state index contributed by atoms with van der Waals surface area (Å²) in [6.07, 6.45) is -3.42. The minimum atomic E-state index is -4.59. The van der Waals surface area contributed by atoms with Gasteiger partial charge in [0.2, 0.25) is 11.8 Å². The lowest BCUT2D eigenvalue weighted by Gasteiger charge is -2.21. The summed E-state index contributed by atoms with van der Waals surface area (Å²) >= 11 is 0. The first-order valence-electron chi connectivity index (χ1n) is 8.29. The Hall–Kier alpha value is -2.51. The van der Waals surface area contributed by atoms with Crippen LogP contribution in [0.2, 0.25) is 0 Å². The highest BCUT2D eigenvalue weighted by Crippen LogP contribution is 2.36. The van der Waals surface area contributed by atoms with Gasteiger partial charge in [-0.15, -0.1) is 0 Å². The Morgan fingerprint density at radius 2 is 1.96 bits per heavy atom. The summed E-state index contributed by atoms with van der Waals surface area (Å²) < 4.78 is 50.2. The van der Waals surface area contributed by atoms with E-state index in [2.05, 4.69) is 9.97 Å². The molecule has 0 fully saturated rings. The molecule has 0 spiro atoms. The van der Waals surface area contributed by atoms with Crippen molar-refractivity contribution in [2.75, 3.05) is 18.6 Å². The second-order valence-corrected chi connectivity index (χ2v) is 5.96. The van der Waals surface area contributed by atoms with Crippen LogP contribution in [0, 0.1) is 0 Å². The Balaban J connectivity index is 2.35. The molecule has 1 aromatic carbocycles. The van der Waals surface area contributed by atoms with E-state index in [4.69, 9.17) is 9.47 Å². The molecule has 0 bridgehead atoms. The van der Waals surface area contributed by atoms with Crippen molar-refractivity contribution in [3.8, 4) is 11.6 Å². The molecule has 0 atom stereocenters. The van der Waals surface area contributed by atoms with Crippen molar-refractivity contribution in [3.63, 3.8) is 0 Å². The number of rotatable bonds is 7. The maximum Gasteiger partial charge on any atom is 0.423 e. The third-order valence-corrected chi connectivity index (χ3v) is 3.37. The smallest absolute Gasteiger partial charge is 0.423 e.